The van der Waals surface area contributed by atoms with Crippen molar-refractivity contribution in [1.29, 1.82) is 10.5 Å². The molecule has 6 atom stereocenters. The van der Waals surface area contributed by atoms with Gasteiger partial charge in [0.25, 0.3) is 0 Å². The molecule has 2 aromatic heterocycles. The Labute approximate surface area is 341 Å². The molecule has 0 bridgehead atoms. The lowest BCUT2D eigenvalue weighted by Gasteiger charge is -2.24. The molecule has 1 aromatic carbocycles. The number of phosphoric ester groups is 1. The van der Waals surface area contributed by atoms with E-state index in [-0.39, 0.29) is 24.5 Å². The summed E-state index contributed by atoms with van der Waals surface area (Å²) in [5, 5.41) is 45.4. The summed E-state index contributed by atoms with van der Waals surface area (Å²) < 4.78 is 56.3. The quantitative estimate of drug-likeness (QED) is 0.0389. The van der Waals surface area contributed by atoms with E-state index in [9.17, 15) is 34.6 Å². The van der Waals surface area contributed by atoms with Crippen LogP contribution in [-0.2, 0) is 40.0 Å². The van der Waals surface area contributed by atoms with Crippen LogP contribution in [-0.4, -0.2) is 75.6 Å². The maximum Gasteiger partial charge on any atom is 0.472 e. The van der Waals surface area contributed by atoms with Crippen LogP contribution in [0.1, 0.15) is 126 Å². The van der Waals surface area contributed by atoms with Gasteiger partial charge in [0, 0.05) is 12.8 Å². The molecule has 0 radical (unpaired) electrons. The van der Waals surface area contributed by atoms with E-state index >= 15 is 0 Å². The first-order chi connectivity index (χ1) is 28.0. The largest absolute Gasteiger partial charge is 0.472 e. The number of benzene rings is 1. The fourth-order valence-corrected chi connectivity index (χ4v) is 7.91. The summed E-state index contributed by atoms with van der Waals surface area (Å²) >= 11 is 0. The maximum atomic E-state index is 14.1. The molecule has 1 aliphatic rings. The van der Waals surface area contributed by atoms with E-state index in [1.807, 2.05) is 12.1 Å². The number of nitrogen functional groups attached to an aromatic ring is 1. The Kier molecular flexibility index (Phi) is 20.0. The van der Waals surface area contributed by atoms with Crippen molar-refractivity contribution in [3.8, 4) is 12.1 Å². The first kappa shape index (κ1) is 47.2. The van der Waals surface area contributed by atoms with Gasteiger partial charge < -0.3 is 35.1 Å². The van der Waals surface area contributed by atoms with E-state index in [1.165, 1.54) is 112 Å². The predicted molar refractivity (Wildman–Crippen MR) is 216 cm³/mol. The van der Waals surface area contributed by atoms with Gasteiger partial charge in [0.15, 0.2) is 0 Å². The molecule has 1 fully saturated rings. The lowest BCUT2D eigenvalue weighted by atomic mass is 9.92. The molecule has 1 saturated heterocycles. The number of hydrogen-bond acceptors (Lipinski definition) is 12. The van der Waals surface area contributed by atoms with E-state index < -0.39 is 56.9 Å². The SMILES string of the molecule is CCCCCCCCCCCCCCCCCCOC[C@H](COP(=O)(O)OC[C@H]1O[C@@](C#N)(c2ccc3c(N)ccnn23)[C@H](O)[C@@H]1O)OCc1cc(F)cc(C#N)c1. The van der Waals surface area contributed by atoms with Gasteiger partial charge in [-0.3, -0.25) is 9.05 Å². The van der Waals surface area contributed by atoms with Crippen LogP contribution in [0.4, 0.5) is 10.1 Å². The van der Waals surface area contributed by atoms with Crippen molar-refractivity contribution in [2.24, 2.45) is 0 Å². The minimum Gasteiger partial charge on any atom is -0.397 e. The van der Waals surface area contributed by atoms with Gasteiger partial charge >= 0.3 is 7.82 Å². The maximum absolute atomic E-state index is 14.1. The third-order valence-electron chi connectivity index (χ3n) is 10.4. The van der Waals surface area contributed by atoms with Crippen molar-refractivity contribution >= 4 is 19.0 Å². The highest BCUT2D eigenvalue weighted by atomic mass is 31.2. The third kappa shape index (κ3) is 14.4. The number of halogens is 1. The molecule has 3 heterocycles. The van der Waals surface area contributed by atoms with Crippen LogP contribution in [0.25, 0.3) is 5.52 Å². The number of ether oxygens (including phenoxy) is 3. The molecule has 0 saturated carbocycles. The van der Waals surface area contributed by atoms with Crippen molar-refractivity contribution in [2.45, 2.75) is 146 Å². The molecule has 4 rings (SSSR count). The minimum absolute atomic E-state index is 0.00961. The number of nitriles is 2. The number of anilines is 1. The Hall–Kier alpha value is -3.47. The normalized spacial score (nSPS) is 20.8. The number of aliphatic hydroxyl groups excluding tert-OH is 2. The van der Waals surface area contributed by atoms with Crippen LogP contribution >= 0.6 is 7.82 Å². The zero-order valence-corrected chi connectivity index (χ0v) is 34.6. The molecule has 1 aliphatic heterocycles. The van der Waals surface area contributed by atoms with Crippen molar-refractivity contribution in [3.05, 3.63) is 65.2 Å². The van der Waals surface area contributed by atoms with Crippen molar-refractivity contribution in [1.82, 2.24) is 9.61 Å². The number of aromatic nitrogens is 2. The molecule has 0 amide bonds. The second kappa shape index (κ2) is 24.6. The molecule has 320 valence electrons. The minimum atomic E-state index is -4.82. The Morgan fingerprint density at radius 3 is 2.19 bits per heavy atom. The first-order valence-corrected chi connectivity index (χ1v) is 22.2. The van der Waals surface area contributed by atoms with Crippen LogP contribution in [0, 0.1) is 28.5 Å². The highest BCUT2D eigenvalue weighted by Gasteiger charge is 2.58. The standard InChI is InChI=1S/C42H61FN5O9P/c1-2-3-4-5-6-7-8-9-10-11-12-13-14-15-16-17-22-53-28-35(54-27-33-23-32(26-44)24-34(43)25-33)29-55-58(51,52)56-30-38-40(49)41(50)42(31-45,57-38)39-19-18-37-36(46)20-21-47-48(37)39/h18-21,23-25,35,38,40-41,49-50H,2-17,22,27-30,46H2,1H3,(H,51,52)/t35-,38-,40-,41-,42+/m1/s1. The summed E-state index contributed by atoms with van der Waals surface area (Å²) in [5.74, 6) is -0.606. The molecule has 58 heavy (non-hydrogen) atoms. The van der Waals surface area contributed by atoms with E-state index in [0.717, 1.165) is 25.3 Å². The number of aliphatic hydroxyl groups is 2. The van der Waals surface area contributed by atoms with Gasteiger partial charge in [-0.25, -0.2) is 13.5 Å². The lowest BCUT2D eigenvalue weighted by Crippen LogP contribution is -2.41. The molecular weight excluding hydrogens is 768 g/mol. The second-order valence-electron chi connectivity index (χ2n) is 15.1. The molecule has 14 nitrogen and oxygen atoms in total. The number of nitrogens with zero attached hydrogens (tertiary/aromatic N) is 4. The van der Waals surface area contributed by atoms with Gasteiger partial charge in [-0.15, -0.1) is 0 Å². The van der Waals surface area contributed by atoms with Gasteiger partial charge in [-0.1, -0.05) is 103 Å². The first-order valence-electron chi connectivity index (χ1n) is 20.7. The Balaban J connectivity index is 1.20. The molecule has 3 aromatic rings. The number of hydrogen-bond donors (Lipinski definition) is 4. The number of rotatable bonds is 29. The predicted octanol–water partition coefficient (Wildman–Crippen LogP) is 7.76. The van der Waals surface area contributed by atoms with E-state index in [2.05, 4.69) is 12.0 Å². The van der Waals surface area contributed by atoms with E-state index in [1.54, 1.807) is 12.1 Å². The molecule has 5 N–H and O–H groups in total. The average Bonchev–Trinajstić information content (AvgIpc) is 3.76. The number of fused-ring (bicyclic) bond motifs is 1. The van der Waals surface area contributed by atoms with Crippen LogP contribution in [0.2, 0.25) is 0 Å². The number of phosphoric acid groups is 1. The van der Waals surface area contributed by atoms with Crippen molar-refractivity contribution < 1.29 is 47.3 Å². The van der Waals surface area contributed by atoms with Crippen LogP contribution in [0.5, 0.6) is 0 Å². The van der Waals surface area contributed by atoms with Crippen molar-refractivity contribution in [2.75, 3.05) is 32.2 Å². The monoisotopic (exact) mass is 829 g/mol. The molecule has 16 heteroatoms. The highest BCUT2D eigenvalue weighted by Crippen LogP contribution is 2.46. The summed E-state index contributed by atoms with van der Waals surface area (Å²) in [6, 6.07) is 12.2. The summed E-state index contributed by atoms with van der Waals surface area (Å²) in [5.41, 5.74) is 5.30. The fraction of sp³-hybridized carbons (Fsp3) is 0.643. The Bertz CT molecular complexity index is 1820. The smallest absolute Gasteiger partial charge is 0.397 e. The van der Waals surface area contributed by atoms with Gasteiger partial charge in [0.05, 0.1) is 55.0 Å². The molecular formula is C42H61FN5O9P. The average molecular weight is 830 g/mol. The summed E-state index contributed by atoms with van der Waals surface area (Å²) in [7, 11) is -4.82. The lowest BCUT2D eigenvalue weighted by molar-refractivity contribution is -0.0690. The van der Waals surface area contributed by atoms with Gasteiger partial charge in [-0.05, 0) is 48.4 Å². The fourth-order valence-electron chi connectivity index (χ4n) is 7.14. The number of nitrogens with two attached hydrogens (primary N) is 1. The summed E-state index contributed by atoms with van der Waals surface area (Å²) in [4.78, 5) is 10.6. The van der Waals surface area contributed by atoms with Crippen LogP contribution < -0.4 is 5.73 Å². The summed E-state index contributed by atoms with van der Waals surface area (Å²) in [6.45, 7) is 1.35. The van der Waals surface area contributed by atoms with E-state index in [0.29, 0.717) is 23.4 Å². The second-order valence-corrected chi connectivity index (χ2v) is 16.5. The molecule has 0 aliphatic carbocycles. The number of unbranched alkanes of at least 4 members (excludes halogenated alkanes) is 15. The topological polar surface area (TPSA) is 215 Å². The van der Waals surface area contributed by atoms with E-state index in [4.69, 9.17) is 29.0 Å². The highest BCUT2D eigenvalue weighted by molar-refractivity contribution is 7.47. The zero-order chi connectivity index (χ0) is 41.8. The van der Waals surface area contributed by atoms with Crippen LogP contribution in [0.15, 0.2) is 42.6 Å². The molecule has 0 spiro atoms. The third-order valence-corrected chi connectivity index (χ3v) is 11.4. The molecule has 1 unspecified atom stereocenters. The van der Waals surface area contributed by atoms with Gasteiger partial charge in [0.2, 0.25) is 5.60 Å². The zero-order valence-electron chi connectivity index (χ0n) is 33.7. The van der Waals surface area contributed by atoms with Crippen molar-refractivity contribution in [3.63, 3.8) is 0 Å². The Morgan fingerprint density at radius 2 is 1.57 bits per heavy atom. The van der Waals surface area contributed by atoms with Crippen LogP contribution in [0.3, 0.4) is 0 Å². The summed E-state index contributed by atoms with van der Waals surface area (Å²) in [6.07, 6.45) is 15.7. The van der Waals surface area contributed by atoms with Gasteiger partial charge in [0.1, 0.15) is 36.3 Å². The Morgan fingerprint density at radius 1 is 0.931 bits per heavy atom. The van der Waals surface area contributed by atoms with Gasteiger partial charge in [-0.2, -0.15) is 15.6 Å².